The minimum Gasteiger partial charge on any atom is -0.481 e. The van der Waals surface area contributed by atoms with Crippen molar-refractivity contribution in [3.05, 3.63) is 29.8 Å². The van der Waals surface area contributed by atoms with Gasteiger partial charge in [0.1, 0.15) is 0 Å². The lowest BCUT2D eigenvalue weighted by atomic mass is 10.1. The third-order valence-electron chi connectivity index (χ3n) is 3.75. The van der Waals surface area contributed by atoms with Gasteiger partial charge in [-0.05, 0) is 24.6 Å². The van der Waals surface area contributed by atoms with Crippen molar-refractivity contribution in [3.8, 4) is 0 Å². The quantitative estimate of drug-likeness (QED) is 0.741. The number of thioether (sulfide) groups is 1. The highest BCUT2D eigenvalue weighted by Crippen LogP contribution is 2.22. The number of carboxylic acid groups (broad SMARTS) is 1. The Morgan fingerprint density at radius 2 is 2.16 bits per heavy atom. The molecule has 1 unspecified atom stereocenters. The van der Waals surface area contributed by atoms with Crippen LogP contribution in [0.25, 0.3) is 0 Å². The van der Waals surface area contributed by atoms with Crippen molar-refractivity contribution in [1.82, 2.24) is 4.90 Å². The summed E-state index contributed by atoms with van der Waals surface area (Å²) in [6.07, 6.45) is 0.401. The molecule has 1 heterocycles. The molecule has 0 aliphatic carbocycles. The zero-order valence-corrected chi connectivity index (χ0v) is 15.6. The lowest BCUT2D eigenvalue weighted by molar-refractivity contribution is -0.138. The maximum atomic E-state index is 12.8. The van der Waals surface area contributed by atoms with Gasteiger partial charge in [-0.2, -0.15) is 11.8 Å². The number of nitrogens with one attached hydrogen (secondary N) is 1. The van der Waals surface area contributed by atoms with E-state index in [1.807, 2.05) is 0 Å². The first-order valence-corrected chi connectivity index (χ1v) is 10.8. The average Bonchev–Trinajstić information content (AvgIpc) is 2.54. The van der Waals surface area contributed by atoms with Crippen LogP contribution in [-0.4, -0.2) is 60.1 Å². The van der Waals surface area contributed by atoms with Crippen LogP contribution in [0.4, 0.5) is 5.69 Å². The van der Waals surface area contributed by atoms with Crippen molar-refractivity contribution in [1.29, 1.82) is 0 Å². The van der Waals surface area contributed by atoms with Gasteiger partial charge in [0.2, 0.25) is 10.0 Å². The molecule has 2 N–H and O–H groups in total. The Bertz CT molecular complexity index is 736. The van der Waals surface area contributed by atoms with E-state index in [-0.39, 0.29) is 24.1 Å². The molecule has 25 heavy (non-hydrogen) atoms. The van der Waals surface area contributed by atoms with E-state index in [4.69, 9.17) is 5.11 Å². The number of aliphatic carboxylic acids is 1. The smallest absolute Gasteiger partial charge is 0.305 e. The third kappa shape index (κ3) is 5.64. The summed E-state index contributed by atoms with van der Waals surface area (Å²) in [6, 6.07) is 5.95. The fraction of sp³-hybridized carbons (Fsp3) is 0.500. The number of benzene rings is 1. The van der Waals surface area contributed by atoms with Gasteiger partial charge in [-0.1, -0.05) is 13.0 Å². The fourth-order valence-corrected chi connectivity index (χ4v) is 4.86. The third-order valence-corrected chi connectivity index (χ3v) is 6.34. The molecule has 1 atom stereocenters. The van der Waals surface area contributed by atoms with E-state index in [2.05, 4.69) is 4.72 Å². The van der Waals surface area contributed by atoms with E-state index in [0.717, 1.165) is 5.75 Å². The molecule has 138 valence electrons. The molecule has 7 nitrogen and oxygen atoms in total. The summed E-state index contributed by atoms with van der Waals surface area (Å²) in [5, 5.41) is 9.03. The number of anilines is 1. The van der Waals surface area contributed by atoms with Crippen molar-refractivity contribution in [2.45, 2.75) is 25.8 Å². The Labute approximate surface area is 151 Å². The Kier molecular flexibility index (Phi) is 6.71. The summed E-state index contributed by atoms with van der Waals surface area (Å²) in [4.78, 5) is 25.4. The number of carbonyl (C=O) groups excluding carboxylic acids is 1. The van der Waals surface area contributed by atoms with E-state index in [1.165, 1.54) is 6.07 Å². The summed E-state index contributed by atoms with van der Waals surface area (Å²) < 4.78 is 26.2. The summed E-state index contributed by atoms with van der Waals surface area (Å²) in [5.41, 5.74) is 0.680. The van der Waals surface area contributed by atoms with Crippen molar-refractivity contribution < 1.29 is 23.1 Å². The highest BCUT2D eigenvalue weighted by Gasteiger charge is 2.29. The molecule has 1 fully saturated rings. The first kappa shape index (κ1) is 19.6. The lowest BCUT2D eigenvalue weighted by Crippen LogP contribution is -2.47. The van der Waals surface area contributed by atoms with E-state index >= 15 is 0 Å². The molecule has 1 aromatic rings. The maximum absolute atomic E-state index is 12.8. The van der Waals surface area contributed by atoms with E-state index in [1.54, 1.807) is 41.8 Å². The number of sulfonamides is 1. The zero-order valence-electron chi connectivity index (χ0n) is 14.0. The normalized spacial score (nSPS) is 18.0. The fourth-order valence-electron chi connectivity index (χ4n) is 2.67. The molecule has 1 amide bonds. The van der Waals surface area contributed by atoms with Crippen LogP contribution < -0.4 is 4.72 Å². The first-order valence-electron chi connectivity index (χ1n) is 8.03. The number of hydrogen-bond donors (Lipinski definition) is 2. The second kappa shape index (κ2) is 8.57. The molecular formula is C16H22N2O5S2. The number of carboxylic acids is 1. The Balaban J connectivity index is 2.18. The van der Waals surface area contributed by atoms with Crippen molar-refractivity contribution >= 4 is 39.3 Å². The number of carbonyl (C=O) groups is 2. The molecule has 0 radical (unpaired) electrons. The summed E-state index contributed by atoms with van der Waals surface area (Å²) >= 11 is 1.63. The van der Waals surface area contributed by atoms with Crippen LogP contribution in [0.2, 0.25) is 0 Å². The summed E-state index contributed by atoms with van der Waals surface area (Å²) in [5.74, 6) is 0.135. The average molecular weight is 386 g/mol. The molecule has 1 saturated heterocycles. The van der Waals surface area contributed by atoms with Gasteiger partial charge in [0, 0.05) is 29.3 Å². The standard InChI is InChI=1S/C16H22N2O5S2/c1-2-8-25(22,23)17-13-5-3-4-12(9-13)16(21)18-6-7-24-11-14(18)10-15(19)20/h3-5,9,14,17H,2,6-8,10-11H2,1H3,(H,19,20). The molecule has 2 rings (SSSR count). The number of rotatable bonds is 7. The number of hydrogen-bond acceptors (Lipinski definition) is 5. The van der Waals surface area contributed by atoms with E-state index < -0.39 is 16.0 Å². The highest BCUT2D eigenvalue weighted by molar-refractivity contribution is 7.99. The van der Waals surface area contributed by atoms with Gasteiger partial charge in [0.15, 0.2) is 0 Å². The Hall–Kier alpha value is -1.74. The van der Waals surface area contributed by atoms with Crippen molar-refractivity contribution in [2.24, 2.45) is 0 Å². The second-order valence-corrected chi connectivity index (χ2v) is 8.82. The van der Waals surface area contributed by atoms with Gasteiger partial charge >= 0.3 is 5.97 Å². The molecule has 0 saturated carbocycles. The Morgan fingerprint density at radius 1 is 1.40 bits per heavy atom. The van der Waals surface area contributed by atoms with Crippen LogP contribution in [0.1, 0.15) is 30.1 Å². The van der Waals surface area contributed by atoms with Gasteiger partial charge in [-0.3, -0.25) is 14.3 Å². The van der Waals surface area contributed by atoms with Crippen LogP contribution in [0.15, 0.2) is 24.3 Å². The van der Waals surface area contributed by atoms with Crippen molar-refractivity contribution in [2.75, 3.05) is 28.5 Å². The predicted molar refractivity (Wildman–Crippen MR) is 98.5 cm³/mol. The monoisotopic (exact) mass is 386 g/mol. The van der Waals surface area contributed by atoms with Crippen LogP contribution in [-0.2, 0) is 14.8 Å². The lowest BCUT2D eigenvalue weighted by Gasteiger charge is -2.34. The minimum atomic E-state index is -3.43. The van der Waals surface area contributed by atoms with Gasteiger partial charge in [-0.25, -0.2) is 8.42 Å². The van der Waals surface area contributed by atoms with Crippen molar-refractivity contribution in [3.63, 3.8) is 0 Å². The molecular weight excluding hydrogens is 364 g/mol. The molecule has 1 aliphatic rings. The van der Waals surface area contributed by atoms with Gasteiger partial charge in [0.25, 0.3) is 5.91 Å². The van der Waals surface area contributed by atoms with Crippen LogP contribution in [0.5, 0.6) is 0 Å². The van der Waals surface area contributed by atoms with Crippen LogP contribution in [0, 0.1) is 0 Å². The molecule has 0 bridgehead atoms. The van der Waals surface area contributed by atoms with Crippen LogP contribution in [0.3, 0.4) is 0 Å². The van der Waals surface area contributed by atoms with Gasteiger partial charge in [-0.15, -0.1) is 0 Å². The molecule has 0 aromatic heterocycles. The minimum absolute atomic E-state index is 0.00913. The number of nitrogens with zero attached hydrogens (tertiary/aromatic N) is 1. The van der Waals surface area contributed by atoms with Gasteiger partial charge in [0.05, 0.1) is 18.2 Å². The Morgan fingerprint density at radius 3 is 2.84 bits per heavy atom. The second-order valence-electron chi connectivity index (χ2n) is 5.83. The molecule has 1 aromatic carbocycles. The predicted octanol–water partition coefficient (Wildman–Crippen LogP) is 1.87. The van der Waals surface area contributed by atoms with E-state index in [0.29, 0.717) is 30.0 Å². The molecule has 0 spiro atoms. The molecule has 1 aliphatic heterocycles. The maximum Gasteiger partial charge on any atom is 0.305 e. The largest absolute Gasteiger partial charge is 0.481 e. The van der Waals surface area contributed by atoms with E-state index in [9.17, 15) is 18.0 Å². The highest BCUT2D eigenvalue weighted by atomic mass is 32.2. The zero-order chi connectivity index (χ0) is 18.4. The summed E-state index contributed by atoms with van der Waals surface area (Å²) in [7, 11) is -3.43. The topological polar surface area (TPSA) is 104 Å². The molecule has 9 heteroatoms. The summed E-state index contributed by atoms with van der Waals surface area (Å²) in [6.45, 7) is 2.25. The van der Waals surface area contributed by atoms with Crippen LogP contribution >= 0.6 is 11.8 Å². The first-order chi connectivity index (χ1) is 11.8. The SMILES string of the molecule is CCCS(=O)(=O)Nc1cccc(C(=O)N2CCSCC2CC(=O)O)c1. The number of amides is 1. The van der Waals surface area contributed by atoms with Gasteiger partial charge < -0.3 is 10.0 Å².